The molecule has 0 aliphatic carbocycles. The van der Waals surface area contributed by atoms with Crippen molar-refractivity contribution in [1.29, 1.82) is 0 Å². The molecule has 8 heteroatoms. The Morgan fingerprint density at radius 2 is 1.87 bits per heavy atom. The number of aromatic nitrogens is 3. The van der Waals surface area contributed by atoms with Crippen LogP contribution in [-0.2, 0) is 21.1 Å². The largest absolute Gasteiger partial charge is 0.384 e. The quantitative estimate of drug-likeness (QED) is 0.522. The summed E-state index contributed by atoms with van der Waals surface area (Å²) in [5, 5.41) is 0. The van der Waals surface area contributed by atoms with Crippen LogP contribution < -0.4 is 5.73 Å². The van der Waals surface area contributed by atoms with Crippen molar-refractivity contribution in [2.75, 3.05) is 12.3 Å². The molecule has 31 heavy (non-hydrogen) atoms. The number of nitrogen functional groups attached to an aromatic ring is 1. The van der Waals surface area contributed by atoms with Crippen molar-refractivity contribution in [2.45, 2.75) is 49.1 Å². The number of sulfone groups is 1. The van der Waals surface area contributed by atoms with E-state index in [2.05, 4.69) is 0 Å². The van der Waals surface area contributed by atoms with E-state index in [-0.39, 0.29) is 21.7 Å². The third-order valence-corrected chi connectivity index (χ3v) is 7.82. The molecule has 1 fully saturated rings. The molecule has 1 aliphatic heterocycles. The Labute approximate surface area is 180 Å². The normalized spacial score (nSPS) is 17.0. The van der Waals surface area contributed by atoms with Gasteiger partial charge in [0.25, 0.3) is 0 Å². The highest BCUT2D eigenvalue weighted by Gasteiger charge is 2.32. The molecule has 0 unspecified atom stereocenters. The van der Waals surface area contributed by atoms with E-state index in [1.54, 1.807) is 17.6 Å². The summed E-state index contributed by atoms with van der Waals surface area (Å²) in [6, 6.07) is 12.8. The predicted molar refractivity (Wildman–Crippen MR) is 120 cm³/mol. The lowest BCUT2D eigenvalue weighted by molar-refractivity contribution is 0.0983. The monoisotopic (exact) mass is 436 g/mol. The van der Waals surface area contributed by atoms with Crippen LogP contribution in [0.25, 0.3) is 22.2 Å². The van der Waals surface area contributed by atoms with Gasteiger partial charge < -0.3 is 15.0 Å². The number of rotatable bonds is 4. The van der Waals surface area contributed by atoms with Gasteiger partial charge in [-0.1, -0.05) is 24.3 Å². The summed E-state index contributed by atoms with van der Waals surface area (Å²) in [5.41, 5.74) is 10.1. The van der Waals surface area contributed by atoms with E-state index >= 15 is 0 Å². The van der Waals surface area contributed by atoms with Crippen molar-refractivity contribution >= 4 is 37.9 Å². The van der Waals surface area contributed by atoms with Gasteiger partial charge in [0.2, 0.25) is 9.84 Å². The first-order valence-electron chi connectivity index (χ1n) is 10.3. The molecule has 160 valence electrons. The maximum Gasteiger partial charge on any atom is 0.212 e. The van der Waals surface area contributed by atoms with Crippen LogP contribution in [0.5, 0.6) is 0 Å². The molecular formula is C23H24N4O3S. The molecule has 1 atom stereocenters. The van der Waals surface area contributed by atoms with Crippen molar-refractivity contribution in [3.8, 4) is 0 Å². The van der Waals surface area contributed by atoms with Gasteiger partial charge in [0, 0.05) is 6.61 Å². The second kappa shape index (κ2) is 7.32. The topological polar surface area (TPSA) is 100 Å². The van der Waals surface area contributed by atoms with Gasteiger partial charge in [-0.05, 0) is 56.0 Å². The van der Waals surface area contributed by atoms with Gasteiger partial charge in [-0.3, -0.25) is 0 Å². The molecular weight excluding hydrogens is 412 g/mol. The van der Waals surface area contributed by atoms with E-state index in [9.17, 15) is 8.42 Å². The van der Waals surface area contributed by atoms with Gasteiger partial charge in [-0.15, -0.1) is 0 Å². The van der Waals surface area contributed by atoms with Crippen molar-refractivity contribution in [3.63, 3.8) is 0 Å². The van der Waals surface area contributed by atoms with E-state index in [1.807, 2.05) is 43.3 Å². The van der Waals surface area contributed by atoms with Crippen LogP contribution in [0.2, 0.25) is 0 Å². The van der Waals surface area contributed by atoms with Gasteiger partial charge in [0.1, 0.15) is 16.2 Å². The molecule has 3 heterocycles. The Bertz CT molecular complexity index is 1420. The van der Waals surface area contributed by atoms with E-state index < -0.39 is 9.84 Å². The van der Waals surface area contributed by atoms with Crippen molar-refractivity contribution in [3.05, 3.63) is 53.6 Å². The number of aryl methyl sites for hydroxylation is 2. The zero-order chi connectivity index (χ0) is 21.8. The van der Waals surface area contributed by atoms with E-state index in [0.717, 1.165) is 18.4 Å². The molecule has 0 spiro atoms. The van der Waals surface area contributed by atoms with Gasteiger partial charge in [0.05, 0.1) is 28.6 Å². The van der Waals surface area contributed by atoms with Crippen LogP contribution in [0.4, 0.5) is 5.82 Å². The molecule has 4 aromatic rings. The number of para-hydroxylation sites is 2. The number of anilines is 1. The average Bonchev–Trinajstić information content (AvgIpc) is 3.35. The highest BCUT2D eigenvalue weighted by molar-refractivity contribution is 7.92. The molecule has 5 rings (SSSR count). The highest BCUT2D eigenvalue weighted by Crippen LogP contribution is 2.37. The minimum atomic E-state index is -3.92. The first-order chi connectivity index (χ1) is 14.9. The lowest BCUT2D eigenvalue weighted by Crippen LogP contribution is -2.17. The number of ether oxygens (including phenoxy) is 1. The fourth-order valence-corrected chi connectivity index (χ4v) is 6.07. The highest BCUT2D eigenvalue weighted by atomic mass is 32.2. The van der Waals surface area contributed by atoms with Gasteiger partial charge in [0.15, 0.2) is 5.65 Å². The van der Waals surface area contributed by atoms with Crippen molar-refractivity contribution < 1.29 is 13.2 Å². The summed E-state index contributed by atoms with van der Waals surface area (Å²) in [7, 11) is -3.92. The summed E-state index contributed by atoms with van der Waals surface area (Å²) in [6.45, 7) is 4.80. The molecule has 2 aromatic heterocycles. The molecule has 0 amide bonds. The summed E-state index contributed by atoms with van der Waals surface area (Å²) in [4.78, 5) is 9.70. The molecule has 2 N–H and O–H groups in total. The van der Waals surface area contributed by atoms with Gasteiger partial charge >= 0.3 is 0 Å². The number of fused-ring (bicyclic) bond motifs is 2. The molecule has 7 nitrogen and oxygen atoms in total. The Hall–Kier alpha value is -2.97. The Kier molecular flexibility index (Phi) is 4.71. The first-order valence-corrected chi connectivity index (χ1v) is 11.8. The molecule has 1 aliphatic rings. The second-order valence-electron chi connectivity index (χ2n) is 8.12. The average molecular weight is 437 g/mol. The molecule has 2 aromatic carbocycles. The first kappa shape index (κ1) is 20.0. The zero-order valence-corrected chi connectivity index (χ0v) is 18.3. The lowest BCUT2D eigenvalue weighted by Gasteiger charge is -2.13. The summed E-state index contributed by atoms with van der Waals surface area (Å²) < 4.78 is 35.2. The van der Waals surface area contributed by atoms with Crippen molar-refractivity contribution in [2.24, 2.45) is 0 Å². The Morgan fingerprint density at radius 3 is 2.58 bits per heavy atom. The standard InChI is InChI=1S/C23H24N4O3S/c1-14-9-10-15(2)19(12-14)31(28,29)21-20-23(26-18-8-4-3-7-17(18)25-20)27(22(21)24)13-16-6-5-11-30-16/h3-4,7-10,12,16H,5-6,11,13,24H2,1-2H3/t16-/m0/s1. The predicted octanol–water partition coefficient (Wildman–Crippen LogP) is 3.80. The van der Waals surface area contributed by atoms with Gasteiger partial charge in [-0.25, -0.2) is 18.4 Å². The number of nitrogens with two attached hydrogens (primary N) is 1. The third-order valence-electron chi connectivity index (χ3n) is 5.86. The van der Waals surface area contributed by atoms with Crippen molar-refractivity contribution in [1.82, 2.24) is 14.5 Å². The lowest BCUT2D eigenvalue weighted by atomic mass is 10.2. The Balaban J connectivity index is 1.81. The molecule has 0 bridgehead atoms. The van der Waals surface area contributed by atoms with Crippen LogP contribution in [0.1, 0.15) is 24.0 Å². The second-order valence-corrected chi connectivity index (χ2v) is 9.97. The number of benzene rings is 2. The summed E-state index contributed by atoms with van der Waals surface area (Å²) in [5.74, 6) is 0.154. The van der Waals surface area contributed by atoms with Crippen LogP contribution in [0.15, 0.2) is 52.3 Å². The van der Waals surface area contributed by atoms with E-state index in [4.69, 9.17) is 20.4 Å². The van der Waals surface area contributed by atoms with Gasteiger partial charge in [-0.2, -0.15) is 0 Å². The molecule has 0 radical (unpaired) electrons. The minimum Gasteiger partial charge on any atom is -0.384 e. The number of hydrogen-bond donors (Lipinski definition) is 1. The SMILES string of the molecule is Cc1ccc(C)c(S(=O)(=O)c2c(N)n(C[C@@H]3CCCO3)c3nc4ccccc4nc23)c1. The fraction of sp³-hybridized carbons (Fsp3) is 0.304. The van der Waals surface area contributed by atoms with Crippen LogP contribution >= 0.6 is 0 Å². The third kappa shape index (κ3) is 3.26. The number of hydrogen-bond acceptors (Lipinski definition) is 6. The minimum absolute atomic E-state index is 0.0208. The van der Waals surface area contributed by atoms with Crippen LogP contribution in [0, 0.1) is 13.8 Å². The zero-order valence-electron chi connectivity index (χ0n) is 17.5. The Morgan fingerprint density at radius 1 is 1.13 bits per heavy atom. The fourth-order valence-electron chi connectivity index (χ4n) is 4.24. The van der Waals surface area contributed by atoms with E-state index in [1.165, 1.54) is 0 Å². The van der Waals surface area contributed by atoms with Crippen LogP contribution in [-0.4, -0.2) is 35.7 Å². The smallest absolute Gasteiger partial charge is 0.212 e. The summed E-state index contributed by atoms with van der Waals surface area (Å²) in [6.07, 6.45) is 1.85. The molecule has 0 saturated carbocycles. The van der Waals surface area contributed by atoms with Crippen LogP contribution in [0.3, 0.4) is 0 Å². The molecule has 1 saturated heterocycles. The number of nitrogens with zero attached hydrogens (tertiary/aromatic N) is 3. The summed E-state index contributed by atoms with van der Waals surface area (Å²) >= 11 is 0. The maximum atomic E-state index is 13.8. The van der Waals surface area contributed by atoms with E-state index in [0.29, 0.717) is 40.9 Å². The maximum absolute atomic E-state index is 13.8.